The number of benzene rings is 2. The van der Waals surface area contributed by atoms with E-state index in [1.165, 1.54) is 12.1 Å². The molecule has 316 valence electrons. The third-order valence-electron chi connectivity index (χ3n) is 11.6. The molecule has 2 fully saturated rings. The van der Waals surface area contributed by atoms with Gasteiger partial charge in [-0.15, -0.1) is 0 Å². The number of carbonyl (C=O) groups is 2. The van der Waals surface area contributed by atoms with Gasteiger partial charge in [0.05, 0.1) is 44.4 Å². The molecule has 2 amide bonds. The van der Waals surface area contributed by atoms with Crippen molar-refractivity contribution in [2.45, 2.75) is 131 Å². The molecule has 16 nitrogen and oxygen atoms in total. The van der Waals surface area contributed by atoms with E-state index in [1.807, 2.05) is 44.0 Å². The van der Waals surface area contributed by atoms with Crippen LogP contribution in [-0.2, 0) is 4.74 Å². The van der Waals surface area contributed by atoms with Crippen LogP contribution in [0.15, 0.2) is 36.4 Å². The summed E-state index contributed by atoms with van der Waals surface area (Å²) in [5, 5.41) is 43.1. The molecular weight excluding hydrogens is 745 g/mol. The third kappa shape index (κ3) is 10.2. The van der Waals surface area contributed by atoms with Gasteiger partial charge in [-0.1, -0.05) is 20.8 Å². The minimum absolute atomic E-state index is 0.0249. The molecule has 0 spiro atoms. The number of hydrogen-bond donors (Lipinski definition) is 1. The molecular formula is C42H60N8O8. The maximum atomic E-state index is 12.2. The number of carbonyl (C=O) groups excluding carboxylic acids is 1. The number of piperidine rings is 2. The van der Waals surface area contributed by atoms with Crippen LogP contribution in [0.3, 0.4) is 0 Å². The summed E-state index contributed by atoms with van der Waals surface area (Å²) in [5.74, 6) is 0.852. The van der Waals surface area contributed by atoms with Crippen molar-refractivity contribution in [2.75, 3.05) is 19.6 Å². The van der Waals surface area contributed by atoms with Gasteiger partial charge in [0.25, 0.3) is 11.4 Å². The first-order valence-electron chi connectivity index (χ1n) is 20.3. The Hall–Kier alpha value is -5.28. The quantitative estimate of drug-likeness (QED) is 0.132. The summed E-state index contributed by atoms with van der Waals surface area (Å²) in [5.41, 5.74) is 2.84. The summed E-state index contributed by atoms with van der Waals surface area (Å²) in [6.07, 6.45) is 4.16. The number of aryl methyl sites for hydroxylation is 2. The average molecular weight is 805 g/mol. The van der Waals surface area contributed by atoms with E-state index in [4.69, 9.17) is 4.74 Å². The molecule has 58 heavy (non-hydrogen) atoms. The van der Waals surface area contributed by atoms with Crippen molar-refractivity contribution < 1.29 is 29.3 Å². The van der Waals surface area contributed by atoms with E-state index in [0.29, 0.717) is 31.5 Å². The zero-order chi connectivity index (χ0) is 42.9. The van der Waals surface area contributed by atoms with Crippen LogP contribution in [0.4, 0.5) is 21.0 Å². The molecule has 0 saturated carbocycles. The summed E-state index contributed by atoms with van der Waals surface area (Å²) in [6.45, 7) is 21.8. The Labute approximate surface area is 339 Å². The highest BCUT2D eigenvalue weighted by Gasteiger charge is 2.39. The molecule has 2 aromatic heterocycles. The number of nitro groups is 2. The monoisotopic (exact) mass is 804 g/mol. The SMILES string of the molecule is Cc1nn(C(C)CC2CCN(C(=O)O)C(C(C)(C)C)C2)c2cc([N+](=O)[O-])ccc12.Cc1nn(C(C)CC2CCN(C(=O)OC(C)(C)C)CC2)c2cc([N+](=O)[O-])ccc12. The zero-order valence-electron chi connectivity index (χ0n) is 35.6. The van der Waals surface area contributed by atoms with E-state index < -0.39 is 11.7 Å². The molecule has 0 bridgehead atoms. The van der Waals surface area contributed by atoms with E-state index in [9.17, 15) is 34.9 Å². The lowest BCUT2D eigenvalue weighted by Crippen LogP contribution is -2.51. The Bertz CT molecular complexity index is 2140. The van der Waals surface area contributed by atoms with Crippen molar-refractivity contribution in [2.24, 2.45) is 17.3 Å². The van der Waals surface area contributed by atoms with Crippen molar-refractivity contribution in [1.82, 2.24) is 29.4 Å². The van der Waals surface area contributed by atoms with Crippen molar-refractivity contribution in [3.63, 3.8) is 0 Å². The summed E-state index contributed by atoms with van der Waals surface area (Å²) in [4.78, 5) is 48.8. The highest BCUT2D eigenvalue weighted by Crippen LogP contribution is 2.39. The molecule has 4 atom stereocenters. The minimum atomic E-state index is -0.850. The molecule has 1 N–H and O–H groups in total. The highest BCUT2D eigenvalue weighted by molar-refractivity contribution is 5.85. The van der Waals surface area contributed by atoms with Gasteiger partial charge in [0, 0.05) is 60.7 Å². The molecule has 4 aromatic rings. The largest absolute Gasteiger partial charge is 0.465 e. The van der Waals surface area contributed by atoms with Gasteiger partial charge < -0.3 is 19.6 Å². The number of amides is 2. The standard InChI is InChI=1S/2C21H30N4O4/c1-14(12-16-8-10-23(11-9-16)20(26)29-21(3,4)5)24-19-13-17(25(27)28)6-7-18(19)15(2)22-24;1-13(10-15-8-9-23(20(26)27)19(11-15)21(3,4)5)24-18-12-16(25(28)29)6-7-17(18)14(2)22-24/h6-7,13-14,16H,8-12H2,1-5H3;6-7,12-13,15,19H,8-11H2,1-5H3,(H,26,27). The molecule has 2 saturated heterocycles. The van der Waals surface area contributed by atoms with E-state index in [0.717, 1.165) is 71.7 Å². The number of aromatic nitrogens is 4. The van der Waals surface area contributed by atoms with Crippen LogP contribution in [0.2, 0.25) is 0 Å². The molecule has 16 heteroatoms. The van der Waals surface area contributed by atoms with E-state index in [-0.39, 0.29) is 50.9 Å². The van der Waals surface area contributed by atoms with Gasteiger partial charge in [-0.25, -0.2) is 9.59 Å². The number of nitro benzene ring substituents is 2. The first-order valence-corrected chi connectivity index (χ1v) is 20.3. The Morgan fingerprint density at radius 3 is 1.66 bits per heavy atom. The minimum Gasteiger partial charge on any atom is -0.465 e. The first-order chi connectivity index (χ1) is 27.0. The molecule has 2 aliphatic heterocycles. The Morgan fingerprint density at radius 1 is 0.793 bits per heavy atom. The predicted molar refractivity (Wildman–Crippen MR) is 222 cm³/mol. The Morgan fingerprint density at radius 2 is 1.24 bits per heavy atom. The van der Waals surface area contributed by atoms with E-state index >= 15 is 0 Å². The second kappa shape index (κ2) is 17.3. The van der Waals surface area contributed by atoms with Gasteiger partial charge in [0.15, 0.2) is 0 Å². The van der Waals surface area contributed by atoms with Crippen LogP contribution in [0, 0.1) is 51.3 Å². The Balaban J connectivity index is 0.000000221. The fraction of sp³-hybridized carbons (Fsp3) is 0.619. The van der Waals surface area contributed by atoms with Crippen LogP contribution in [0.5, 0.6) is 0 Å². The second-order valence-electron chi connectivity index (χ2n) is 18.3. The van der Waals surface area contributed by atoms with Crippen LogP contribution >= 0.6 is 0 Å². The van der Waals surface area contributed by atoms with Crippen molar-refractivity contribution in [3.8, 4) is 0 Å². The predicted octanol–water partition coefficient (Wildman–Crippen LogP) is 9.86. The van der Waals surface area contributed by atoms with Crippen LogP contribution in [-0.4, -0.2) is 87.8 Å². The lowest BCUT2D eigenvalue weighted by molar-refractivity contribution is -0.384. The number of carboxylic acid groups (broad SMARTS) is 1. The second-order valence-corrected chi connectivity index (χ2v) is 18.3. The molecule has 6 rings (SSSR count). The molecule has 2 aliphatic rings. The fourth-order valence-corrected chi connectivity index (χ4v) is 8.61. The maximum Gasteiger partial charge on any atom is 0.410 e. The fourth-order valence-electron chi connectivity index (χ4n) is 8.61. The molecule has 4 unspecified atom stereocenters. The normalized spacial score (nSPS) is 19.1. The number of non-ortho nitro benzene ring substituents is 2. The van der Waals surface area contributed by atoms with Crippen LogP contribution in [0.25, 0.3) is 21.8 Å². The summed E-state index contributed by atoms with van der Waals surface area (Å²) < 4.78 is 9.27. The van der Waals surface area contributed by atoms with Gasteiger partial charge in [0.2, 0.25) is 0 Å². The smallest absolute Gasteiger partial charge is 0.410 e. The number of hydrogen-bond acceptors (Lipinski definition) is 9. The van der Waals surface area contributed by atoms with Gasteiger partial charge in [0.1, 0.15) is 5.60 Å². The Kier molecular flexibility index (Phi) is 13.1. The lowest BCUT2D eigenvalue weighted by atomic mass is 9.75. The van der Waals surface area contributed by atoms with Crippen molar-refractivity contribution >= 4 is 45.4 Å². The number of fused-ring (bicyclic) bond motifs is 2. The number of ether oxygens (including phenoxy) is 1. The van der Waals surface area contributed by atoms with Crippen molar-refractivity contribution in [3.05, 3.63) is 68.0 Å². The molecule has 2 aromatic carbocycles. The van der Waals surface area contributed by atoms with E-state index in [1.54, 1.807) is 34.1 Å². The molecule has 4 heterocycles. The topological polar surface area (TPSA) is 192 Å². The van der Waals surface area contributed by atoms with Crippen LogP contribution < -0.4 is 0 Å². The van der Waals surface area contributed by atoms with Gasteiger partial charge in [-0.2, -0.15) is 10.2 Å². The number of likely N-dealkylation sites (tertiary alicyclic amines) is 2. The lowest BCUT2D eigenvalue weighted by Gasteiger charge is -2.45. The van der Waals surface area contributed by atoms with E-state index in [2.05, 4.69) is 44.8 Å². The summed E-state index contributed by atoms with van der Waals surface area (Å²) >= 11 is 0. The highest BCUT2D eigenvalue weighted by atomic mass is 16.6. The van der Waals surface area contributed by atoms with Gasteiger partial charge in [-0.05, 0) is 116 Å². The van der Waals surface area contributed by atoms with Crippen LogP contribution in [0.1, 0.15) is 117 Å². The zero-order valence-corrected chi connectivity index (χ0v) is 35.6. The summed E-state index contributed by atoms with van der Waals surface area (Å²) in [6, 6.07) is 9.94. The third-order valence-corrected chi connectivity index (χ3v) is 11.6. The summed E-state index contributed by atoms with van der Waals surface area (Å²) in [7, 11) is 0. The first kappa shape index (κ1) is 43.8. The number of nitrogens with zero attached hydrogens (tertiary/aromatic N) is 8. The molecule has 0 radical (unpaired) electrons. The average Bonchev–Trinajstić information content (AvgIpc) is 3.66. The molecule has 0 aliphatic carbocycles. The van der Waals surface area contributed by atoms with Crippen molar-refractivity contribution in [1.29, 1.82) is 0 Å². The van der Waals surface area contributed by atoms with Gasteiger partial charge >= 0.3 is 12.2 Å². The maximum absolute atomic E-state index is 12.2. The van der Waals surface area contributed by atoms with Gasteiger partial charge in [-0.3, -0.25) is 29.6 Å². The number of rotatable bonds is 8.